The van der Waals surface area contributed by atoms with Gasteiger partial charge in [-0.25, -0.2) is 13.2 Å². The quantitative estimate of drug-likeness (QED) is 0.536. The first-order valence-corrected chi connectivity index (χ1v) is 6.79. The van der Waals surface area contributed by atoms with E-state index in [0.29, 0.717) is 15.8 Å². The molecular formula is C14H9BrClF3O. The molecule has 0 aliphatic rings. The van der Waals surface area contributed by atoms with Crippen molar-refractivity contribution in [3.8, 4) is 5.75 Å². The maximum atomic E-state index is 13.2. The van der Waals surface area contributed by atoms with Gasteiger partial charge in [-0.3, -0.25) is 0 Å². The molecule has 0 radical (unpaired) electrons. The van der Waals surface area contributed by atoms with Gasteiger partial charge in [0, 0.05) is 4.47 Å². The predicted molar refractivity (Wildman–Crippen MR) is 74.7 cm³/mol. The molecule has 0 N–H and O–H groups in total. The van der Waals surface area contributed by atoms with E-state index in [1.807, 2.05) is 0 Å². The van der Waals surface area contributed by atoms with Crippen LogP contribution in [0.5, 0.6) is 5.75 Å². The number of alkyl halides is 1. The second-order valence-electron chi connectivity index (χ2n) is 4.05. The van der Waals surface area contributed by atoms with E-state index in [2.05, 4.69) is 15.9 Å². The zero-order valence-corrected chi connectivity index (χ0v) is 12.6. The minimum Gasteiger partial charge on any atom is -0.497 e. The third-order valence-electron chi connectivity index (χ3n) is 2.78. The molecule has 1 atom stereocenters. The van der Waals surface area contributed by atoms with Crippen LogP contribution in [-0.4, -0.2) is 7.11 Å². The Morgan fingerprint density at radius 3 is 2.20 bits per heavy atom. The molecule has 2 aromatic rings. The maximum absolute atomic E-state index is 13.2. The molecule has 6 heteroatoms. The van der Waals surface area contributed by atoms with Crippen LogP contribution in [0, 0.1) is 17.5 Å². The van der Waals surface area contributed by atoms with Crippen molar-refractivity contribution in [2.75, 3.05) is 7.11 Å². The highest BCUT2D eigenvalue weighted by molar-refractivity contribution is 9.10. The Morgan fingerprint density at radius 2 is 1.70 bits per heavy atom. The normalized spacial score (nSPS) is 12.3. The Morgan fingerprint density at radius 1 is 1.10 bits per heavy atom. The summed E-state index contributed by atoms with van der Waals surface area (Å²) in [6, 6.07) is 6.78. The van der Waals surface area contributed by atoms with Crippen molar-refractivity contribution in [2.24, 2.45) is 0 Å². The second-order valence-corrected chi connectivity index (χ2v) is 5.34. The van der Waals surface area contributed by atoms with Crippen molar-refractivity contribution in [1.29, 1.82) is 0 Å². The van der Waals surface area contributed by atoms with Gasteiger partial charge in [0.15, 0.2) is 17.5 Å². The number of ether oxygens (including phenoxy) is 1. The summed E-state index contributed by atoms with van der Waals surface area (Å²) in [5, 5.41) is -0.820. The van der Waals surface area contributed by atoms with E-state index >= 15 is 0 Å². The van der Waals surface area contributed by atoms with Gasteiger partial charge >= 0.3 is 0 Å². The average molecular weight is 366 g/mol. The van der Waals surface area contributed by atoms with Crippen molar-refractivity contribution < 1.29 is 17.9 Å². The van der Waals surface area contributed by atoms with E-state index in [1.54, 1.807) is 18.2 Å². The van der Waals surface area contributed by atoms with Gasteiger partial charge in [0.1, 0.15) is 5.75 Å². The fourth-order valence-electron chi connectivity index (χ4n) is 1.74. The van der Waals surface area contributed by atoms with Crippen LogP contribution < -0.4 is 4.74 Å². The van der Waals surface area contributed by atoms with Crippen molar-refractivity contribution in [1.82, 2.24) is 0 Å². The highest BCUT2D eigenvalue weighted by Gasteiger charge is 2.19. The Hall–Kier alpha value is -1.20. The maximum Gasteiger partial charge on any atom is 0.194 e. The second kappa shape index (κ2) is 6.06. The molecule has 106 valence electrons. The van der Waals surface area contributed by atoms with Crippen molar-refractivity contribution >= 4 is 27.5 Å². The van der Waals surface area contributed by atoms with Gasteiger partial charge in [-0.2, -0.15) is 0 Å². The highest BCUT2D eigenvalue weighted by Crippen LogP contribution is 2.36. The lowest BCUT2D eigenvalue weighted by Gasteiger charge is -2.14. The summed E-state index contributed by atoms with van der Waals surface area (Å²) in [6.07, 6.45) is 0. The van der Waals surface area contributed by atoms with Crippen LogP contribution in [0.1, 0.15) is 16.5 Å². The van der Waals surface area contributed by atoms with Gasteiger partial charge in [0.2, 0.25) is 0 Å². The monoisotopic (exact) mass is 364 g/mol. The largest absolute Gasteiger partial charge is 0.497 e. The lowest BCUT2D eigenvalue weighted by atomic mass is 10.0. The van der Waals surface area contributed by atoms with Gasteiger partial charge in [-0.1, -0.05) is 22.0 Å². The lowest BCUT2D eigenvalue weighted by Crippen LogP contribution is -2.00. The summed E-state index contributed by atoms with van der Waals surface area (Å²) < 4.78 is 45.1. The first-order valence-electron chi connectivity index (χ1n) is 5.56. The molecule has 0 aliphatic heterocycles. The summed E-state index contributed by atoms with van der Waals surface area (Å²) in [4.78, 5) is 0. The summed E-state index contributed by atoms with van der Waals surface area (Å²) >= 11 is 9.51. The van der Waals surface area contributed by atoms with Crippen LogP contribution in [-0.2, 0) is 0 Å². The molecule has 0 aromatic heterocycles. The molecule has 0 amide bonds. The highest BCUT2D eigenvalue weighted by atomic mass is 79.9. The van der Waals surface area contributed by atoms with Crippen LogP contribution in [0.2, 0.25) is 0 Å². The zero-order valence-electron chi connectivity index (χ0n) is 10.3. The predicted octanol–water partition coefficient (Wildman–Crippen LogP) is 5.20. The smallest absolute Gasteiger partial charge is 0.194 e. The number of rotatable bonds is 3. The fraction of sp³-hybridized carbons (Fsp3) is 0.143. The third kappa shape index (κ3) is 2.94. The molecule has 0 saturated heterocycles. The Labute approximate surface area is 127 Å². The number of benzene rings is 2. The Balaban J connectivity index is 2.43. The fourth-order valence-corrected chi connectivity index (χ4v) is 2.78. The molecule has 2 aromatic carbocycles. The molecule has 0 fully saturated rings. The van der Waals surface area contributed by atoms with Crippen molar-refractivity contribution in [2.45, 2.75) is 5.38 Å². The molecule has 20 heavy (non-hydrogen) atoms. The van der Waals surface area contributed by atoms with Gasteiger partial charge in [-0.05, 0) is 35.4 Å². The molecule has 2 rings (SSSR count). The van der Waals surface area contributed by atoms with Crippen molar-refractivity contribution in [3.63, 3.8) is 0 Å². The van der Waals surface area contributed by atoms with Crippen LogP contribution >= 0.6 is 27.5 Å². The first kappa shape index (κ1) is 15.2. The molecule has 0 spiro atoms. The van der Waals surface area contributed by atoms with E-state index in [9.17, 15) is 13.2 Å². The average Bonchev–Trinajstić information content (AvgIpc) is 2.43. The number of hydrogen-bond donors (Lipinski definition) is 0. The van der Waals surface area contributed by atoms with Gasteiger partial charge < -0.3 is 4.74 Å². The topological polar surface area (TPSA) is 9.23 Å². The third-order valence-corrected chi connectivity index (χ3v) is 3.95. The van der Waals surface area contributed by atoms with Crippen LogP contribution in [0.4, 0.5) is 13.2 Å². The van der Waals surface area contributed by atoms with E-state index in [0.717, 1.165) is 12.1 Å². The van der Waals surface area contributed by atoms with Crippen LogP contribution in [0.15, 0.2) is 34.8 Å². The Kier molecular flexibility index (Phi) is 4.60. The van der Waals surface area contributed by atoms with E-state index in [4.69, 9.17) is 16.3 Å². The van der Waals surface area contributed by atoms with Crippen LogP contribution in [0.25, 0.3) is 0 Å². The number of halogens is 5. The minimum absolute atomic E-state index is 0.133. The van der Waals surface area contributed by atoms with E-state index in [-0.39, 0.29) is 5.56 Å². The number of hydrogen-bond acceptors (Lipinski definition) is 1. The number of methoxy groups -OCH3 is 1. The minimum atomic E-state index is -1.51. The molecule has 0 saturated carbocycles. The Bertz CT molecular complexity index is 625. The summed E-state index contributed by atoms with van der Waals surface area (Å²) in [5.74, 6) is -3.43. The van der Waals surface area contributed by atoms with Crippen LogP contribution in [0.3, 0.4) is 0 Å². The van der Waals surface area contributed by atoms with Gasteiger partial charge in [0.25, 0.3) is 0 Å². The molecule has 0 bridgehead atoms. The molecule has 1 nitrogen and oxygen atoms in total. The molecule has 1 unspecified atom stereocenters. The standard InChI is InChI=1S/C14H9BrClF3O/c1-20-8-2-3-9(10(15)6-8)13(16)7-4-11(17)14(19)12(18)5-7/h2-6,13H,1H3. The summed E-state index contributed by atoms with van der Waals surface area (Å²) in [7, 11) is 1.52. The summed E-state index contributed by atoms with van der Waals surface area (Å²) in [5.41, 5.74) is 0.729. The SMILES string of the molecule is COc1ccc(C(Cl)c2cc(F)c(F)c(F)c2)c(Br)c1. The van der Waals surface area contributed by atoms with Crippen molar-refractivity contribution in [3.05, 3.63) is 63.4 Å². The molecule has 0 heterocycles. The zero-order chi connectivity index (χ0) is 14.9. The van der Waals surface area contributed by atoms with Gasteiger partial charge in [-0.15, -0.1) is 11.6 Å². The molecular weight excluding hydrogens is 357 g/mol. The van der Waals surface area contributed by atoms with Gasteiger partial charge in [0.05, 0.1) is 12.5 Å². The van der Waals surface area contributed by atoms with E-state index < -0.39 is 22.8 Å². The molecule has 0 aliphatic carbocycles. The lowest BCUT2D eigenvalue weighted by molar-refractivity contribution is 0.414. The summed E-state index contributed by atoms with van der Waals surface area (Å²) in [6.45, 7) is 0. The van der Waals surface area contributed by atoms with E-state index in [1.165, 1.54) is 7.11 Å². The first-order chi connectivity index (χ1) is 9.43.